The highest BCUT2D eigenvalue weighted by molar-refractivity contribution is 5.99. The molecule has 0 atom stereocenters. The van der Waals surface area contributed by atoms with Crippen LogP contribution in [0, 0.1) is 0 Å². The Morgan fingerprint density at radius 2 is 1.23 bits per heavy atom. The number of esters is 2. The van der Waals surface area contributed by atoms with Gasteiger partial charge in [-0.05, 0) is 47.9 Å². The first kappa shape index (κ1) is 16.0. The number of hydrogen-bond donors (Lipinski definition) is 0. The molecule has 0 bridgehead atoms. The summed E-state index contributed by atoms with van der Waals surface area (Å²) in [5, 5.41) is 1.77. The molecule has 0 aliphatic heterocycles. The van der Waals surface area contributed by atoms with Crippen molar-refractivity contribution in [2.75, 3.05) is 13.2 Å². The highest BCUT2D eigenvalue weighted by Gasteiger charge is 2.10. The van der Waals surface area contributed by atoms with Crippen LogP contribution in [0.4, 0.5) is 0 Å². The van der Waals surface area contributed by atoms with Crippen LogP contribution < -0.4 is 0 Å². The van der Waals surface area contributed by atoms with E-state index >= 15 is 0 Å². The first-order valence-corrected chi connectivity index (χ1v) is 7.53. The van der Waals surface area contributed by atoms with Crippen LogP contribution >= 0.6 is 0 Å². The van der Waals surface area contributed by atoms with Gasteiger partial charge in [-0.1, -0.05) is 26.0 Å². The van der Waals surface area contributed by atoms with E-state index in [0.29, 0.717) is 24.3 Å². The molecule has 0 fully saturated rings. The van der Waals surface area contributed by atoms with Crippen molar-refractivity contribution in [2.24, 2.45) is 0 Å². The molecule has 0 amide bonds. The van der Waals surface area contributed by atoms with E-state index in [1.807, 2.05) is 26.0 Å². The zero-order valence-corrected chi connectivity index (χ0v) is 12.9. The first-order chi connectivity index (χ1) is 10.7. The van der Waals surface area contributed by atoms with Gasteiger partial charge in [0.1, 0.15) is 0 Å². The summed E-state index contributed by atoms with van der Waals surface area (Å²) in [6, 6.07) is 10.6. The van der Waals surface area contributed by atoms with Crippen molar-refractivity contribution in [3.8, 4) is 0 Å². The Morgan fingerprint density at radius 3 is 1.64 bits per heavy atom. The molecule has 2 aromatic rings. The van der Waals surface area contributed by atoms with Gasteiger partial charge in [0.15, 0.2) is 0 Å². The average molecular weight is 300 g/mol. The SMILES string of the molecule is CCCOC(=O)c1ccc2ccc(C(=O)OCCC)cc2c1. The molecule has 4 heteroatoms. The molecule has 0 spiro atoms. The van der Waals surface area contributed by atoms with Crippen molar-refractivity contribution in [1.29, 1.82) is 0 Å². The van der Waals surface area contributed by atoms with Crippen molar-refractivity contribution in [3.05, 3.63) is 47.5 Å². The molecule has 0 aromatic heterocycles. The molecule has 0 saturated heterocycles. The molecule has 0 aliphatic carbocycles. The minimum absolute atomic E-state index is 0.345. The molecular weight excluding hydrogens is 280 g/mol. The smallest absolute Gasteiger partial charge is 0.338 e. The quantitative estimate of drug-likeness (QED) is 0.757. The van der Waals surface area contributed by atoms with Crippen LogP contribution in [-0.2, 0) is 9.47 Å². The summed E-state index contributed by atoms with van der Waals surface area (Å²) >= 11 is 0. The second kappa shape index (κ2) is 7.59. The number of ether oxygens (including phenoxy) is 2. The van der Waals surface area contributed by atoms with Crippen LogP contribution in [0.2, 0.25) is 0 Å². The van der Waals surface area contributed by atoms with E-state index in [0.717, 1.165) is 23.6 Å². The predicted molar refractivity (Wildman–Crippen MR) is 85.1 cm³/mol. The van der Waals surface area contributed by atoms with Gasteiger partial charge in [0.2, 0.25) is 0 Å². The van der Waals surface area contributed by atoms with Gasteiger partial charge >= 0.3 is 11.9 Å². The molecule has 2 rings (SSSR count). The van der Waals surface area contributed by atoms with E-state index in [1.165, 1.54) is 0 Å². The van der Waals surface area contributed by atoms with Gasteiger partial charge in [0.05, 0.1) is 24.3 Å². The van der Waals surface area contributed by atoms with Gasteiger partial charge in [0.25, 0.3) is 0 Å². The molecule has 22 heavy (non-hydrogen) atoms. The largest absolute Gasteiger partial charge is 0.462 e. The maximum atomic E-state index is 11.9. The fourth-order valence-corrected chi connectivity index (χ4v) is 2.06. The van der Waals surface area contributed by atoms with Crippen molar-refractivity contribution < 1.29 is 19.1 Å². The summed E-state index contributed by atoms with van der Waals surface area (Å²) in [6.45, 7) is 4.70. The average Bonchev–Trinajstić information content (AvgIpc) is 2.56. The van der Waals surface area contributed by atoms with Gasteiger partial charge in [0, 0.05) is 0 Å². The monoisotopic (exact) mass is 300 g/mol. The van der Waals surface area contributed by atoms with E-state index in [9.17, 15) is 9.59 Å². The van der Waals surface area contributed by atoms with Crippen molar-refractivity contribution >= 4 is 22.7 Å². The van der Waals surface area contributed by atoms with Crippen LogP contribution in [-0.4, -0.2) is 25.2 Å². The molecule has 2 aromatic carbocycles. The molecule has 0 saturated carbocycles. The molecular formula is C18H20O4. The Kier molecular flexibility index (Phi) is 5.53. The van der Waals surface area contributed by atoms with Crippen molar-refractivity contribution in [3.63, 3.8) is 0 Å². The third-order valence-electron chi connectivity index (χ3n) is 3.19. The minimum atomic E-state index is -0.345. The number of rotatable bonds is 6. The standard InChI is InChI=1S/C18H20O4/c1-3-9-21-17(19)14-7-5-13-6-8-15(12-16(13)11-14)18(20)22-10-4-2/h5-8,11-12H,3-4,9-10H2,1-2H3. The minimum Gasteiger partial charge on any atom is -0.462 e. The third kappa shape index (κ3) is 3.85. The van der Waals surface area contributed by atoms with E-state index in [2.05, 4.69) is 0 Å². The number of carbonyl (C=O) groups is 2. The predicted octanol–water partition coefficient (Wildman–Crippen LogP) is 3.97. The van der Waals surface area contributed by atoms with Gasteiger partial charge < -0.3 is 9.47 Å². The van der Waals surface area contributed by atoms with E-state index in [1.54, 1.807) is 24.3 Å². The van der Waals surface area contributed by atoms with Crippen molar-refractivity contribution in [2.45, 2.75) is 26.7 Å². The second-order valence-corrected chi connectivity index (χ2v) is 5.05. The Morgan fingerprint density at radius 1 is 0.773 bits per heavy atom. The lowest BCUT2D eigenvalue weighted by Gasteiger charge is -2.07. The number of fused-ring (bicyclic) bond motifs is 1. The van der Waals surface area contributed by atoms with Gasteiger partial charge in [-0.2, -0.15) is 0 Å². The van der Waals surface area contributed by atoms with Crippen LogP contribution in [0.25, 0.3) is 10.8 Å². The van der Waals surface area contributed by atoms with Crippen LogP contribution in [0.15, 0.2) is 36.4 Å². The number of benzene rings is 2. The summed E-state index contributed by atoms with van der Waals surface area (Å²) in [4.78, 5) is 23.8. The summed E-state index contributed by atoms with van der Waals surface area (Å²) in [6.07, 6.45) is 1.57. The molecule has 0 N–H and O–H groups in total. The summed E-state index contributed by atoms with van der Waals surface area (Å²) in [5.74, 6) is -0.689. The maximum absolute atomic E-state index is 11.9. The molecule has 0 unspecified atom stereocenters. The normalized spacial score (nSPS) is 10.5. The fraction of sp³-hybridized carbons (Fsp3) is 0.333. The van der Waals surface area contributed by atoms with Crippen LogP contribution in [0.5, 0.6) is 0 Å². The van der Waals surface area contributed by atoms with Crippen LogP contribution in [0.1, 0.15) is 47.4 Å². The van der Waals surface area contributed by atoms with E-state index < -0.39 is 0 Å². The van der Waals surface area contributed by atoms with E-state index in [-0.39, 0.29) is 11.9 Å². The lowest BCUT2D eigenvalue weighted by atomic mass is 10.0. The molecule has 0 heterocycles. The van der Waals surface area contributed by atoms with Gasteiger partial charge in [-0.3, -0.25) is 0 Å². The van der Waals surface area contributed by atoms with Crippen molar-refractivity contribution in [1.82, 2.24) is 0 Å². The van der Waals surface area contributed by atoms with Gasteiger partial charge in [-0.15, -0.1) is 0 Å². The summed E-state index contributed by atoms with van der Waals surface area (Å²) < 4.78 is 10.3. The zero-order valence-electron chi connectivity index (χ0n) is 12.9. The Bertz CT molecular complexity index is 621. The molecule has 0 aliphatic rings. The molecule has 4 nitrogen and oxygen atoms in total. The van der Waals surface area contributed by atoms with Crippen LogP contribution in [0.3, 0.4) is 0 Å². The lowest BCUT2D eigenvalue weighted by molar-refractivity contribution is 0.0497. The Balaban J connectivity index is 2.26. The summed E-state index contributed by atoms with van der Waals surface area (Å²) in [7, 11) is 0. The van der Waals surface area contributed by atoms with Gasteiger partial charge in [-0.25, -0.2) is 9.59 Å². The lowest BCUT2D eigenvalue weighted by Crippen LogP contribution is -2.07. The number of carbonyl (C=O) groups excluding carboxylic acids is 2. The molecule has 0 radical (unpaired) electrons. The molecule has 116 valence electrons. The Hall–Kier alpha value is -2.36. The van der Waals surface area contributed by atoms with E-state index in [4.69, 9.17) is 9.47 Å². The first-order valence-electron chi connectivity index (χ1n) is 7.53. The Labute approximate surface area is 130 Å². The topological polar surface area (TPSA) is 52.6 Å². The summed E-state index contributed by atoms with van der Waals surface area (Å²) in [5.41, 5.74) is 0.972. The highest BCUT2D eigenvalue weighted by atomic mass is 16.5. The highest BCUT2D eigenvalue weighted by Crippen LogP contribution is 2.19. The third-order valence-corrected chi connectivity index (χ3v) is 3.19. The zero-order chi connectivity index (χ0) is 15.9. The second-order valence-electron chi connectivity index (χ2n) is 5.05. The number of hydrogen-bond acceptors (Lipinski definition) is 4. The maximum Gasteiger partial charge on any atom is 0.338 e. The fourth-order valence-electron chi connectivity index (χ4n) is 2.06.